The molecule has 2 heteroatoms. The molecule has 0 aromatic heterocycles. The van der Waals surface area contributed by atoms with Crippen molar-refractivity contribution in [2.75, 3.05) is 13.2 Å². The van der Waals surface area contributed by atoms with Gasteiger partial charge in [0, 0.05) is 12.6 Å². The molecular weight excluding hydrogens is 210 g/mol. The van der Waals surface area contributed by atoms with Crippen molar-refractivity contribution in [1.82, 2.24) is 5.32 Å². The van der Waals surface area contributed by atoms with Crippen LogP contribution in [0.2, 0.25) is 0 Å². The maximum absolute atomic E-state index is 5.66. The van der Waals surface area contributed by atoms with Gasteiger partial charge in [0.05, 0.1) is 6.10 Å². The van der Waals surface area contributed by atoms with Gasteiger partial charge in [-0.15, -0.1) is 0 Å². The van der Waals surface area contributed by atoms with Crippen molar-refractivity contribution in [2.45, 2.75) is 76.9 Å². The maximum atomic E-state index is 5.66. The molecule has 2 aliphatic rings. The second-order valence-corrected chi connectivity index (χ2v) is 5.77. The van der Waals surface area contributed by atoms with E-state index in [0.717, 1.165) is 25.1 Å². The van der Waals surface area contributed by atoms with E-state index in [4.69, 9.17) is 4.74 Å². The molecule has 0 spiro atoms. The Morgan fingerprint density at radius 3 is 2.71 bits per heavy atom. The van der Waals surface area contributed by atoms with Crippen molar-refractivity contribution in [3.05, 3.63) is 0 Å². The Kier molecular flexibility index (Phi) is 5.79. The second kappa shape index (κ2) is 7.38. The molecule has 0 radical (unpaired) electrons. The van der Waals surface area contributed by atoms with Gasteiger partial charge in [0.15, 0.2) is 0 Å². The molecular formula is C15H29NO. The summed E-state index contributed by atoms with van der Waals surface area (Å²) in [6.07, 6.45) is 13.0. The fraction of sp³-hybridized carbons (Fsp3) is 1.00. The monoisotopic (exact) mass is 239 g/mol. The van der Waals surface area contributed by atoms with E-state index < -0.39 is 0 Å². The van der Waals surface area contributed by atoms with E-state index in [-0.39, 0.29) is 0 Å². The molecule has 2 atom stereocenters. The molecule has 1 aliphatic heterocycles. The number of hydrogen-bond acceptors (Lipinski definition) is 2. The number of ether oxygens (including phenoxy) is 1. The zero-order valence-electron chi connectivity index (χ0n) is 11.4. The molecule has 0 amide bonds. The average molecular weight is 239 g/mol. The third kappa shape index (κ3) is 4.97. The summed E-state index contributed by atoms with van der Waals surface area (Å²) >= 11 is 0. The van der Waals surface area contributed by atoms with Crippen molar-refractivity contribution in [3.63, 3.8) is 0 Å². The Labute approximate surface area is 107 Å². The van der Waals surface area contributed by atoms with Crippen molar-refractivity contribution < 1.29 is 4.74 Å². The topological polar surface area (TPSA) is 21.3 Å². The Bertz CT molecular complexity index is 197. The molecule has 1 saturated carbocycles. The first-order valence-electron chi connectivity index (χ1n) is 7.75. The van der Waals surface area contributed by atoms with Gasteiger partial charge in [0.25, 0.3) is 0 Å². The number of rotatable bonds is 9. The van der Waals surface area contributed by atoms with E-state index in [1.165, 1.54) is 57.8 Å². The van der Waals surface area contributed by atoms with Crippen LogP contribution in [-0.2, 0) is 4.74 Å². The molecule has 1 aliphatic carbocycles. The smallest absolute Gasteiger partial charge is 0.0576 e. The second-order valence-electron chi connectivity index (χ2n) is 5.77. The Morgan fingerprint density at radius 1 is 1.18 bits per heavy atom. The van der Waals surface area contributed by atoms with Gasteiger partial charge < -0.3 is 10.1 Å². The van der Waals surface area contributed by atoms with Gasteiger partial charge >= 0.3 is 0 Å². The van der Waals surface area contributed by atoms with Crippen LogP contribution < -0.4 is 5.32 Å². The fourth-order valence-electron chi connectivity index (χ4n) is 3.05. The van der Waals surface area contributed by atoms with Gasteiger partial charge in [0.2, 0.25) is 0 Å². The van der Waals surface area contributed by atoms with Crippen LogP contribution in [0.5, 0.6) is 0 Å². The van der Waals surface area contributed by atoms with E-state index in [9.17, 15) is 0 Å². The first kappa shape index (κ1) is 13.4. The standard InChI is InChI=1S/C15H29NO/c1-2-16-15(13-10-11-13)9-5-3-4-7-14-8-6-12-17-14/h13-16H,2-12H2,1H3. The Hall–Kier alpha value is -0.0800. The van der Waals surface area contributed by atoms with Crippen molar-refractivity contribution in [3.8, 4) is 0 Å². The van der Waals surface area contributed by atoms with E-state index >= 15 is 0 Å². The number of unbranched alkanes of at least 4 members (excludes halogenated alkanes) is 2. The minimum Gasteiger partial charge on any atom is -0.378 e. The van der Waals surface area contributed by atoms with Gasteiger partial charge in [-0.05, 0) is 51.0 Å². The van der Waals surface area contributed by atoms with E-state index in [2.05, 4.69) is 12.2 Å². The fourth-order valence-corrected chi connectivity index (χ4v) is 3.05. The summed E-state index contributed by atoms with van der Waals surface area (Å²) in [5, 5.41) is 3.65. The first-order valence-corrected chi connectivity index (χ1v) is 7.75. The number of hydrogen-bond donors (Lipinski definition) is 1. The zero-order valence-corrected chi connectivity index (χ0v) is 11.4. The Balaban J connectivity index is 1.46. The van der Waals surface area contributed by atoms with E-state index in [1.807, 2.05) is 0 Å². The molecule has 0 aromatic rings. The van der Waals surface area contributed by atoms with Gasteiger partial charge in [-0.3, -0.25) is 0 Å². The summed E-state index contributed by atoms with van der Waals surface area (Å²) < 4.78 is 5.66. The predicted octanol–water partition coefficient (Wildman–Crippen LogP) is 3.50. The molecule has 2 unspecified atom stereocenters. The SMILES string of the molecule is CCNC(CCCCCC1CCCO1)C1CC1. The predicted molar refractivity (Wildman–Crippen MR) is 72.2 cm³/mol. The van der Waals surface area contributed by atoms with Gasteiger partial charge in [0.1, 0.15) is 0 Å². The minimum absolute atomic E-state index is 0.600. The van der Waals surface area contributed by atoms with Crippen LogP contribution in [-0.4, -0.2) is 25.3 Å². The normalized spacial score (nSPS) is 26.3. The quantitative estimate of drug-likeness (QED) is 0.622. The first-order chi connectivity index (χ1) is 8.40. The summed E-state index contributed by atoms with van der Waals surface area (Å²) in [6.45, 7) is 4.37. The molecule has 1 heterocycles. The summed E-state index contributed by atoms with van der Waals surface area (Å²) in [6, 6.07) is 0.822. The summed E-state index contributed by atoms with van der Waals surface area (Å²) in [5.74, 6) is 1.01. The lowest BCUT2D eigenvalue weighted by Crippen LogP contribution is -2.30. The van der Waals surface area contributed by atoms with Crippen LogP contribution >= 0.6 is 0 Å². The Morgan fingerprint density at radius 2 is 2.06 bits per heavy atom. The van der Waals surface area contributed by atoms with E-state index in [1.54, 1.807) is 0 Å². The highest BCUT2D eigenvalue weighted by Gasteiger charge is 2.29. The summed E-state index contributed by atoms with van der Waals surface area (Å²) in [7, 11) is 0. The third-order valence-corrected chi connectivity index (χ3v) is 4.22. The van der Waals surface area contributed by atoms with Gasteiger partial charge in [-0.1, -0.05) is 26.2 Å². The van der Waals surface area contributed by atoms with E-state index in [0.29, 0.717) is 6.10 Å². The minimum atomic E-state index is 0.600. The molecule has 2 rings (SSSR count). The number of nitrogens with one attached hydrogen (secondary N) is 1. The van der Waals surface area contributed by atoms with Crippen LogP contribution in [0.3, 0.4) is 0 Å². The lowest BCUT2D eigenvalue weighted by molar-refractivity contribution is 0.102. The van der Waals surface area contributed by atoms with Crippen molar-refractivity contribution in [2.24, 2.45) is 5.92 Å². The molecule has 100 valence electrons. The summed E-state index contributed by atoms with van der Waals surface area (Å²) in [4.78, 5) is 0. The third-order valence-electron chi connectivity index (χ3n) is 4.22. The molecule has 1 saturated heterocycles. The molecule has 0 bridgehead atoms. The van der Waals surface area contributed by atoms with Crippen molar-refractivity contribution >= 4 is 0 Å². The lowest BCUT2D eigenvalue weighted by Gasteiger charge is -2.17. The highest BCUT2D eigenvalue weighted by atomic mass is 16.5. The molecule has 17 heavy (non-hydrogen) atoms. The van der Waals surface area contributed by atoms with Crippen LogP contribution in [0.25, 0.3) is 0 Å². The van der Waals surface area contributed by atoms with Crippen LogP contribution in [0, 0.1) is 5.92 Å². The molecule has 1 N–H and O–H groups in total. The van der Waals surface area contributed by atoms with Crippen LogP contribution in [0.1, 0.15) is 64.7 Å². The molecule has 2 nitrogen and oxygen atoms in total. The average Bonchev–Trinajstić information content (AvgIpc) is 3.05. The molecule has 2 fully saturated rings. The largest absolute Gasteiger partial charge is 0.378 e. The zero-order chi connectivity index (χ0) is 11.9. The highest BCUT2D eigenvalue weighted by Crippen LogP contribution is 2.34. The van der Waals surface area contributed by atoms with Crippen LogP contribution in [0.4, 0.5) is 0 Å². The van der Waals surface area contributed by atoms with Gasteiger partial charge in [-0.2, -0.15) is 0 Å². The maximum Gasteiger partial charge on any atom is 0.0576 e. The van der Waals surface area contributed by atoms with Crippen molar-refractivity contribution in [1.29, 1.82) is 0 Å². The van der Waals surface area contributed by atoms with Crippen LogP contribution in [0.15, 0.2) is 0 Å². The van der Waals surface area contributed by atoms with Gasteiger partial charge in [-0.25, -0.2) is 0 Å². The summed E-state index contributed by atoms with van der Waals surface area (Å²) in [5.41, 5.74) is 0. The molecule has 0 aromatic carbocycles. The lowest BCUT2D eigenvalue weighted by atomic mass is 10.0. The highest BCUT2D eigenvalue weighted by molar-refractivity contribution is 4.85.